The molecule has 0 saturated carbocycles. The maximum Gasteiger partial charge on any atom is 0.325 e. The number of halogens is 2. The number of nitrogens with zero attached hydrogens (tertiary/aromatic N) is 2. The van der Waals surface area contributed by atoms with Gasteiger partial charge in [-0.1, -0.05) is 23.2 Å². The summed E-state index contributed by atoms with van der Waals surface area (Å²) in [4.78, 5) is 16.0. The topological polar surface area (TPSA) is 53.0 Å². The highest BCUT2D eigenvalue weighted by molar-refractivity contribution is 6.37. The van der Waals surface area contributed by atoms with Crippen molar-refractivity contribution in [1.82, 2.24) is 9.80 Å². The number of hydrogen-bond donors (Lipinski definition) is 1. The summed E-state index contributed by atoms with van der Waals surface area (Å²) in [6, 6.07) is 2.59. The predicted molar refractivity (Wildman–Crippen MR) is 87.1 cm³/mol. The van der Waals surface area contributed by atoms with Crippen molar-refractivity contribution in [2.75, 3.05) is 33.8 Å². The third-order valence-electron chi connectivity index (χ3n) is 3.99. The van der Waals surface area contributed by atoms with Crippen molar-refractivity contribution in [1.29, 1.82) is 0 Å². The zero-order valence-electron chi connectivity index (χ0n) is 12.8. The molecule has 2 unspecified atom stereocenters. The molecule has 0 radical (unpaired) electrons. The van der Waals surface area contributed by atoms with Crippen LogP contribution < -0.4 is 4.74 Å². The summed E-state index contributed by atoms with van der Waals surface area (Å²) in [7, 11) is 3.51. The van der Waals surface area contributed by atoms with E-state index in [0.29, 0.717) is 27.9 Å². The van der Waals surface area contributed by atoms with E-state index in [1.54, 1.807) is 12.1 Å². The van der Waals surface area contributed by atoms with Gasteiger partial charge in [-0.3, -0.25) is 9.69 Å². The van der Waals surface area contributed by atoms with Crippen molar-refractivity contribution in [3.05, 3.63) is 27.7 Å². The molecule has 5 nitrogen and oxygen atoms in total. The lowest BCUT2D eigenvalue weighted by atomic mass is 10.0. The molecule has 1 aliphatic heterocycles. The molecule has 1 saturated heterocycles. The Hall–Kier alpha value is -1.01. The number of carbonyl (C=O) groups is 1. The molecule has 0 aromatic heterocycles. The van der Waals surface area contributed by atoms with Crippen LogP contribution in [0.2, 0.25) is 10.0 Å². The van der Waals surface area contributed by atoms with Crippen molar-refractivity contribution in [2.45, 2.75) is 19.0 Å². The number of ether oxygens (including phenoxy) is 1. The van der Waals surface area contributed by atoms with Gasteiger partial charge in [0.1, 0.15) is 6.04 Å². The number of aliphatic carboxylic acids is 1. The van der Waals surface area contributed by atoms with Crippen LogP contribution in [0.25, 0.3) is 0 Å². The number of benzene rings is 1. The van der Waals surface area contributed by atoms with Crippen LogP contribution in [0.15, 0.2) is 12.1 Å². The molecule has 22 heavy (non-hydrogen) atoms. The quantitative estimate of drug-likeness (QED) is 0.908. The monoisotopic (exact) mass is 346 g/mol. The lowest BCUT2D eigenvalue weighted by molar-refractivity contribution is -0.145. The summed E-state index contributed by atoms with van der Waals surface area (Å²) in [5, 5.41) is 10.3. The summed E-state index contributed by atoms with van der Waals surface area (Å²) in [5.74, 6) is -0.545. The Morgan fingerprint density at radius 3 is 2.41 bits per heavy atom. The standard InChI is InChI=1S/C15H20Cl2N2O3/c1-9-8-18(2)4-5-19(9)13(15(20)21)10-6-11(16)14(22-3)12(17)7-10/h6-7,9,13H,4-5,8H2,1-3H3,(H,20,21). The van der Waals surface area contributed by atoms with E-state index in [1.807, 2.05) is 18.9 Å². The normalized spacial score (nSPS) is 21.6. The van der Waals surface area contributed by atoms with Gasteiger partial charge in [0.2, 0.25) is 0 Å². The Balaban J connectivity index is 2.39. The van der Waals surface area contributed by atoms with Crippen molar-refractivity contribution in [3.8, 4) is 5.75 Å². The largest absolute Gasteiger partial charge is 0.494 e. The van der Waals surface area contributed by atoms with Crippen molar-refractivity contribution >= 4 is 29.2 Å². The van der Waals surface area contributed by atoms with Gasteiger partial charge >= 0.3 is 5.97 Å². The fourth-order valence-corrected chi connectivity index (χ4v) is 3.60. The van der Waals surface area contributed by atoms with Gasteiger partial charge in [-0.25, -0.2) is 0 Å². The number of methoxy groups -OCH3 is 1. The predicted octanol–water partition coefficient (Wildman–Crippen LogP) is 2.76. The second kappa shape index (κ2) is 7.04. The maximum absolute atomic E-state index is 11.8. The van der Waals surface area contributed by atoms with E-state index in [-0.39, 0.29) is 6.04 Å². The van der Waals surface area contributed by atoms with Crippen LogP contribution in [0.5, 0.6) is 5.75 Å². The highest BCUT2D eigenvalue weighted by Crippen LogP contribution is 2.37. The minimum atomic E-state index is -0.909. The van der Waals surface area contributed by atoms with Gasteiger partial charge < -0.3 is 14.7 Å². The second-order valence-electron chi connectivity index (χ2n) is 5.61. The van der Waals surface area contributed by atoms with Crippen LogP contribution in [-0.4, -0.2) is 60.7 Å². The lowest BCUT2D eigenvalue weighted by Crippen LogP contribution is -2.53. The van der Waals surface area contributed by atoms with Gasteiger partial charge in [0, 0.05) is 25.7 Å². The minimum Gasteiger partial charge on any atom is -0.494 e. The first-order valence-corrected chi connectivity index (χ1v) is 7.80. The van der Waals surface area contributed by atoms with E-state index in [4.69, 9.17) is 27.9 Å². The molecular weight excluding hydrogens is 327 g/mol. The molecule has 2 atom stereocenters. The first-order valence-electron chi connectivity index (χ1n) is 7.05. The van der Waals surface area contributed by atoms with E-state index in [0.717, 1.165) is 13.1 Å². The Morgan fingerprint density at radius 2 is 1.95 bits per heavy atom. The Bertz CT molecular complexity index is 545. The van der Waals surface area contributed by atoms with Crippen molar-refractivity contribution in [3.63, 3.8) is 0 Å². The van der Waals surface area contributed by atoms with Crippen molar-refractivity contribution in [2.24, 2.45) is 0 Å². The molecule has 122 valence electrons. The van der Waals surface area contributed by atoms with Crippen LogP contribution in [0.1, 0.15) is 18.5 Å². The number of likely N-dealkylation sites (N-methyl/N-ethyl adjacent to an activating group) is 1. The average molecular weight is 347 g/mol. The van der Waals surface area contributed by atoms with Gasteiger partial charge in [0.15, 0.2) is 5.75 Å². The summed E-state index contributed by atoms with van der Waals surface area (Å²) < 4.78 is 5.12. The van der Waals surface area contributed by atoms with Gasteiger partial charge in [-0.15, -0.1) is 0 Å². The molecule has 1 aliphatic rings. The molecule has 2 rings (SSSR count). The summed E-state index contributed by atoms with van der Waals surface area (Å²) in [5.41, 5.74) is 0.569. The first kappa shape index (κ1) is 17.3. The van der Waals surface area contributed by atoms with Crippen LogP contribution in [-0.2, 0) is 4.79 Å². The smallest absolute Gasteiger partial charge is 0.325 e. The zero-order chi connectivity index (χ0) is 16.4. The second-order valence-corrected chi connectivity index (χ2v) is 6.42. The van der Waals surface area contributed by atoms with Crippen LogP contribution >= 0.6 is 23.2 Å². The molecule has 1 heterocycles. The van der Waals surface area contributed by atoms with Crippen LogP contribution in [0.3, 0.4) is 0 Å². The lowest BCUT2D eigenvalue weighted by Gasteiger charge is -2.41. The molecule has 1 fully saturated rings. The fourth-order valence-electron chi connectivity index (χ4n) is 2.95. The Kier molecular flexibility index (Phi) is 5.55. The zero-order valence-corrected chi connectivity index (χ0v) is 14.4. The first-order chi connectivity index (χ1) is 10.3. The number of carboxylic acids is 1. The van der Waals surface area contributed by atoms with Gasteiger partial charge in [0.05, 0.1) is 17.2 Å². The summed E-state index contributed by atoms with van der Waals surface area (Å²) >= 11 is 12.3. The molecule has 1 aromatic carbocycles. The summed E-state index contributed by atoms with van der Waals surface area (Å²) in [6.07, 6.45) is 0. The van der Waals surface area contributed by atoms with Gasteiger partial charge in [0.25, 0.3) is 0 Å². The Labute approximate surface area is 140 Å². The highest BCUT2D eigenvalue weighted by atomic mass is 35.5. The van der Waals surface area contributed by atoms with Crippen LogP contribution in [0, 0.1) is 0 Å². The Morgan fingerprint density at radius 1 is 1.36 bits per heavy atom. The van der Waals surface area contributed by atoms with E-state index >= 15 is 0 Å². The molecule has 7 heteroatoms. The van der Waals surface area contributed by atoms with Gasteiger partial charge in [-0.2, -0.15) is 0 Å². The number of rotatable bonds is 4. The van der Waals surface area contributed by atoms with Crippen molar-refractivity contribution < 1.29 is 14.6 Å². The summed E-state index contributed by atoms with van der Waals surface area (Å²) in [6.45, 7) is 4.35. The number of hydrogen-bond acceptors (Lipinski definition) is 4. The SMILES string of the molecule is COc1c(Cl)cc(C(C(=O)O)N2CCN(C)CC2C)cc1Cl. The number of carboxylic acid groups (broad SMARTS) is 1. The molecule has 0 amide bonds. The molecule has 0 spiro atoms. The third kappa shape index (κ3) is 3.49. The van der Waals surface area contributed by atoms with E-state index < -0.39 is 12.0 Å². The molecular formula is C15H20Cl2N2O3. The van der Waals surface area contributed by atoms with E-state index in [1.165, 1.54) is 7.11 Å². The fraction of sp³-hybridized carbons (Fsp3) is 0.533. The maximum atomic E-state index is 11.8. The molecule has 1 aromatic rings. The highest BCUT2D eigenvalue weighted by Gasteiger charge is 2.34. The third-order valence-corrected chi connectivity index (χ3v) is 4.55. The average Bonchev–Trinajstić information content (AvgIpc) is 2.41. The minimum absolute atomic E-state index is 0.125. The molecule has 1 N–H and O–H groups in total. The van der Waals surface area contributed by atoms with Crippen LogP contribution in [0.4, 0.5) is 0 Å². The number of piperazine rings is 1. The molecule has 0 bridgehead atoms. The molecule has 0 aliphatic carbocycles. The van der Waals surface area contributed by atoms with E-state index in [9.17, 15) is 9.90 Å². The van der Waals surface area contributed by atoms with Gasteiger partial charge in [-0.05, 0) is 31.7 Å². The van der Waals surface area contributed by atoms with E-state index in [2.05, 4.69) is 4.90 Å².